The number of non-ortho nitro benzene ring substituents is 1. The van der Waals surface area contributed by atoms with E-state index >= 15 is 0 Å². The lowest BCUT2D eigenvalue weighted by Gasteiger charge is -2.16. The zero-order chi connectivity index (χ0) is 20.0. The van der Waals surface area contributed by atoms with Crippen LogP contribution in [0.15, 0.2) is 53.4 Å². The molecule has 0 amide bonds. The first-order valence-corrected chi connectivity index (χ1v) is 9.78. The Balaban J connectivity index is 2.02. The Morgan fingerprint density at radius 1 is 1.15 bits per heavy atom. The zero-order valence-corrected chi connectivity index (χ0v) is 15.8. The molecule has 9 heteroatoms. The molecule has 0 saturated carbocycles. The fraction of sp³-hybridized carbons (Fsp3) is 0.278. The molecule has 2 rings (SSSR count). The number of hydrogen-bond donors (Lipinski definition) is 0. The van der Waals surface area contributed by atoms with Gasteiger partial charge in [0.15, 0.2) is 9.84 Å². The molecule has 0 fully saturated rings. The van der Waals surface area contributed by atoms with Crippen LogP contribution in [-0.2, 0) is 14.6 Å². The van der Waals surface area contributed by atoms with E-state index in [1.54, 1.807) is 37.2 Å². The van der Waals surface area contributed by atoms with E-state index in [-0.39, 0.29) is 34.9 Å². The van der Waals surface area contributed by atoms with Crippen LogP contribution >= 0.6 is 0 Å². The van der Waals surface area contributed by atoms with Crippen molar-refractivity contribution in [3.63, 3.8) is 0 Å². The Morgan fingerprint density at radius 2 is 1.81 bits per heavy atom. The van der Waals surface area contributed by atoms with Gasteiger partial charge < -0.3 is 9.64 Å². The summed E-state index contributed by atoms with van der Waals surface area (Å²) in [6.45, 7) is -0.111. The molecular weight excluding hydrogens is 372 g/mol. The quantitative estimate of drug-likeness (QED) is 0.294. The summed E-state index contributed by atoms with van der Waals surface area (Å²) in [6, 6.07) is 11.9. The van der Waals surface area contributed by atoms with Crippen LogP contribution in [0.5, 0.6) is 0 Å². The van der Waals surface area contributed by atoms with Gasteiger partial charge in [-0.1, -0.05) is 18.2 Å². The summed E-state index contributed by atoms with van der Waals surface area (Å²) >= 11 is 0. The number of nitro benzene ring substituents is 1. The van der Waals surface area contributed by atoms with Crippen LogP contribution in [0.25, 0.3) is 0 Å². The minimum absolute atomic E-state index is 0.0557. The van der Waals surface area contributed by atoms with Gasteiger partial charge >= 0.3 is 5.97 Å². The van der Waals surface area contributed by atoms with Crippen molar-refractivity contribution in [2.75, 3.05) is 31.4 Å². The summed E-state index contributed by atoms with van der Waals surface area (Å²) in [5, 5.41) is 10.9. The maximum absolute atomic E-state index is 12.3. The largest absolute Gasteiger partial charge is 0.462 e. The Bertz CT molecular complexity index is 926. The Hall–Kier alpha value is -2.94. The summed E-state index contributed by atoms with van der Waals surface area (Å²) in [6.07, 6.45) is 0.120. The number of ether oxygens (including phenoxy) is 1. The van der Waals surface area contributed by atoms with Gasteiger partial charge in [0, 0.05) is 26.2 Å². The van der Waals surface area contributed by atoms with Crippen molar-refractivity contribution < 1.29 is 22.9 Å². The first-order chi connectivity index (χ1) is 12.7. The SMILES string of the molecule is CN(C)c1ccc([N+](=O)[O-])cc1C(=O)OCCCS(=O)(=O)c1ccccc1. The Morgan fingerprint density at radius 3 is 2.41 bits per heavy atom. The van der Waals surface area contributed by atoms with Gasteiger partial charge in [-0.25, -0.2) is 13.2 Å². The van der Waals surface area contributed by atoms with Crippen LogP contribution in [0.1, 0.15) is 16.8 Å². The maximum Gasteiger partial charge on any atom is 0.340 e. The van der Waals surface area contributed by atoms with Crippen LogP contribution in [0.3, 0.4) is 0 Å². The van der Waals surface area contributed by atoms with Crippen molar-refractivity contribution in [1.29, 1.82) is 0 Å². The third-order valence-electron chi connectivity index (χ3n) is 3.79. The van der Waals surface area contributed by atoms with E-state index in [4.69, 9.17) is 4.74 Å². The van der Waals surface area contributed by atoms with Crippen LogP contribution in [-0.4, -0.2) is 45.8 Å². The number of carbonyl (C=O) groups excluding carboxylic acids is 1. The number of carbonyl (C=O) groups is 1. The number of hydrogen-bond acceptors (Lipinski definition) is 7. The number of benzene rings is 2. The van der Waals surface area contributed by atoms with Crippen molar-refractivity contribution in [3.05, 3.63) is 64.2 Å². The molecule has 0 aliphatic carbocycles. The molecule has 0 bridgehead atoms. The maximum atomic E-state index is 12.3. The van der Waals surface area contributed by atoms with E-state index in [0.29, 0.717) is 5.69 Å². The lowest BCUT2D eigenvalue weighted by atomic mass is 10.1. The predicted octanol–water partition coefficient (Wildman–Crippen LogP) is 2.68. The summed E-state index contributed by atoms with van der Waals surface area (Å²) in [5.41, 5.74) is 0.307. The van der Waals surface area contributed by atoms with Crippen LogP contribution < -0.4 is 4.90 Å². The molecule has 0 spiro atoms. The van der Waals surface area contributed by atoms with Gasteiger partial charge in [-0.05, 0) is 24.6 Å². The molecule has 0 radical (unpaired) electrons. The van der Waals surface area contributed by atoms with Crippen LogP contribution in [0, 0.1) is 10.1 Å². The third kappa shape index (κ3) is 5.27. The number of rotatable bonds is 8. The molecule has 8 nitrogen and oxygen atoms in total. The third-order valence-corrected chi connectivity index (χ3v) is 5.60. The minimum Gasteiger partial charge on any atom is -0.462 e. The smallest absolute Gasteiger partial charge is 0.340 e. The molecule has 0 atom stereocenters. The molecule has 0 N–H and O–H groups in total. The van der Waals surface area contributed by atoms with E-state index in [1.807, 2.05) is 0 Å². The molecular formula is C18H20N2O6S. The molecule has 0 aliphatic rings. The normalized spacial score (nSPS) is 11.0. The lowest BCUT2D eigenvalue weighted by Crippen LogP contribution is -2.17. The lowest BCUT2D eigenvalue weighted by molar-refractivity contribution is -0.384. The second-order valence-corrected chi connectivity index (χ2v) is 8.08. The van der Waals surface area contributed by atoms with Crippen LogP contribution in [0.2, 0.25) is 0 Å². The summed E-state index contributed by atoms with van der Waals surface area (Å²) < 4.78 is 29.5. The van der Waals surface area contributed by atoms with Gasteiger partial charge in [-0.15, -0.1) is 0 Å². The second-order valence-electron chi connectivity index (χ2n) is 5.97. The van der Waals surface area contributed by atoms with E-state index in [1.165, 1.54) is 24.3 Å². The highest BCUT2D eigenvalue weighted by atomic mass is 32.2. The minimum atomic E-state index is -3.45. The van der Waals surface area contributed by atoms with Gasteiger partial charge in [-0.2, -0.15) is 0 Å². The van der Waals surface area contributed by atoms with Gasteiger partial charge in [0.2, 0.25) is 0 Å². The highest BCUT2D eigenvalue weighted by molar-refractivity contribution is 7.91. The molecule has 2 aromatic rings. The number of nitro groups is 1. The summed E-state index contributed by atoms with van der Waals surface area (Å²) in [7, 11) is -0.0537. The van der Waals surface area contributed by atoms with E-state index in [2.05, 4.69) is 0 Å². The van der Waals surface area contributed by atoms with E-state index < -0.39 is 20.7 Å². The fourth-order valence-corrected chi connectivity index (χ4v) is 3.73. The van der Waals surface area contributed by atoms with Crippen molar-refractivity contribution in [2.24, 2.45) is 0 Å². The average molecular weight is 392 g/mol. The Kier molecular flexibility index (Phi) is 6.51. The van der Waals surface area contributed by atoms with Crippen molar-refractivity contribution in [3.8, 4) is 0 Å². The molecule has 0 aromatic heterocycles. The molecule has 0 unspecified atom stereocenters. The van der Waals surface area contributed by atoms with Crippen LogP contribution in [0.4, 0.5) is 11.4 Å². The standard InChI is InChI=1S/C18H20N2O6S/c1-19(2)17-10-9-14(20(22)23)13-16(17)18(21)26-11-6-12-27(24,25)15-7-4-3-5-8-15/h3-5,7-10,13H,6,11-12H2,1-2H3. The molecule has 144 valence electrons. The number of nitrogens with zero attached hydrogens (tertiary/aromatic N) is 2. The summed E-state index contributed by atoms with van der Waals surface area (Å²) in [5.74, 6) is -0.903. The first kappa shape index (κ1) is 20.4. The molecule has 0 saturated heterocycles. The van der Waals surface area contributed by atoms with Gasteiger partial charge in [-0.3, -0.25) is 10.1 Å². The summed E-state index contributed by atoms with van der Waals surface area (Å²) in [4.78, 5) is 24.5. The monoisotopic (exact) mass is 392 g/mol. The number of esters is 1. The van der Waals surface area contributed by atoms with Crippen molar-refractivity contribution in [1.82, 2.24) is 0 Å². The van der Waals surface area contributed by atoms with Gasteiger partial charge in [0.25, 0.3) is 5.69 Å². The van der Waals surface area contributed by atoms with E-state index in [0.717, 1.165) is 6.07 Å². The van der Waals surface area contributed by atoms with E-state index in [9.17, 15) is 23.3 Å². The molecule has 0 heterocycles. The molecule has 2 aromatic carbocycles. The highest BCUT2D eigenvalue weighted by Gasteiger charge is 2.20. The van der Waals surface area contributed by atoms with Gasteiger partial charge in [0.1, 0.15) is 0 Å². The fourth-order valence-electron chi connectivity index (χ4n) is 2.43. The number of anilines is 1. The Labute approximate surface area is 157 Å². The predicted molar refractivity (Wildman–Crippen MR) is 101 cm³/mol. The topological polar surface area (TPSA) is 107 Å². The van der Waals surface area contributed by atoms with Gasteiger partial charge in [0.05, 0.1) is 33.4 Å². The van der Waals surface area contributed by atoms with Crippen molar-refractivity contribution >= 4 is 27.2 Å². The van der Waals surface area contributed by atoms with Crippen molar-refractivity contribution in [2.45, 2.75) is 11.3 Å². The highest BCUT2D eigenvalue weighted by Crippen LogP contribution is 2.25. The first-order valence-electron chi connectivity index (χ1n) is 8.13. The number of sulfone groups is 1. The second kappa shape index (κ2) is 8.63. The molecule has 27 heavy (non-hydrogen) atoms. The zero-order valence-electron chi connectivity index (χ0n) is 15.0. The molecule has 0 aliphatic heterocycles. The average Bonchev–Trinajstić information content (AvgIpc) is 2.65.